The molecule has 0 radical (unpaired) electrons. The first kappa shape index (κ1) is 24.7. The van der Waals surface area contributed by atoms with Gasteiger partial charge >= 0.3 is 0 Å². The first-order valence-corrected chi connectivity index (χ1v) is 11.4. The van der Waals surface area contributed by atoms with Gasteiger partial charge in [0, 0.05) is 33.4 Å². The highest BCUT2D eigenvalue weighted by atomic mass is 19.1. The van der Waals surface area contributed by atoms with E-state index >= 15 is 0 Å². The molecule has 0 spiro atoms. The second kappa shape index (κ2) is 11.8. The molecule has 1 saturated heterocycles. The first-order valence-electron chi connectivity index (χ1n) is 11.4. The van der Waals surface area contributed by atoms with Crippen molar-refractivity contribution in [2.45, 2.75) is 38.8 Å². The summed E-state index contributed by atoms with van der Waals surface area (Å²) in [5.74, 6) is 0.887. The molecular weight excluding hydrogens is 417 g/mol. The van der Waals surface area contributed by atoms with Gasteiger partial charge in [-0.3, -0.25) is 9.18 Å². The minimum Gasteiger partial charge on any atom is -0.476 e. The van der Waals surface area contributed by atoms with Crippen molar-refractivity contribution >= 4 is 11.6 Å². The number of hydrogen-bond acceptors (Lipinski definition) is 7. The maximum absolute atomic E-state index is 12.9. The maximum atomic E-state index is 12.9. The number of hydrogen-bond donors (Lipinski definition) is 2. The van der Waals surface area contributed by atoms with Crippen LogP contribution in [-0.4, -0.2) is 81.4 Å². The Kier molecular flexibility index (Phi) is 9.07. The predicted molar refractivity (Wildman–Crippen MR) is 119 cm³/mol. The van der Waals surface area contributed by atoms with E-state index < -0.39 is 6.67 Å². The van der Waals surface area contributed by atoms with E-state index in [1.165, 1.54) is 0 Å². The molecule has 8 nitrogen and oxygen atoms in total. The molecule has 2 N–H and O–H groups in total. The third-order valence-electron chi connectivity index (χ3n) is 6.17. The molecule has 9 heteroatoms. The fraction of sp³-hybridized carbons (Fsp3) is 0.739. The summed E-state index contributed by atoms with van der Waals surface area (Å²) in [7, 11) is 1.69. The van der Waals surface area contributed by atoms with Crippen molar-refractivity contribution in [3.8, 4) is 5.88 Å². The van der Waals surface area contributed by atoms with Gasteiger partial charge in [-0.2, -0.15) is 0 Å². The van der Waals surface area contributed by atoms with E-state index in [1.54, 1.807) is 13.2 Å². The number of aliphatic hydroxyl groups is 1. The minimum atomic E-state index is -0.417. The third-order valence-corrected chi connectivity index (χ3v) is 6.17. The number of carbonyl (C=O) groups excluding carboxylic acids is 1. The molecule has 2 aliphatic rings. The second-order valence-corrected chi connectivity index (χ2v) is 8.97. The molecule has 1 amide bonds. The number of pyridine rings is 1. The number of halogens is 1. The largest absolute Gasteiger partial charge is 0.476 e. The summed E-state index contributed by atoms with van der Waals surface area (Å²) >= 11 is 0. The Morgan fingerprint density at radius 3 is 2.75 bits per heavy atom. The molecule has 2 fully saturated rings. The van der Waals surface area contributed by atoms with Crippen LogP contribution in [0.3, 0.4) is 0 Å². The Morgan fingerprint density at radius 1 is 1.34 bits per heavy atom. The van der Waals surface area contributed by atoms with Gasteiger partial charge in [0.2, 0.25) is 5.88 Å². The van der Waals surface area contributed by atoms with Gasteiger partial charge in [0.15, 0.2) is 0 Å². The minimum absolute atomic E-state index is 0.150. The van der Waals surface area contributed by atoms with Crippen molar-refractivity contribution in [1.29, 1.82) is 0 Å². The highest BCUT2D eigenvalue weighted by Crippen LogP contribution is 2.39. The Balaban J connectivity index is 1.66. The van der Waals surface area contributed by atoms with Gasteiger partial charge in [0.25, 0.3) is 5.91 Å². The molecule has 1 aromatic heterocycles. The van der Waals surface area contributed by atoms with E-state index in [-0.39, 0.29) is 42.2 Å². The zero-order chi connectivity index (χ0) is 23.1. The number of aliphatic hydroxyl groups excluding tert-OH is 1. The molecule has 0 bridgehead atoms. The predicted octanol–water partition coefficient (Wildman–Crippen LogP) is 2.05. The van der Waals surface area contributed by atoms with E-state index in [0.29, 0.717) is 38.0 Å². The molecule has 32 heavy (non-hydrogen) atoms. The van der Waals surface area contributed by atoms with E-state index in [0.717, 1.165) is 25.2 Å². The van der Waals surface area contributed by atoms with Gasteiger partial charge in [-0.15, -0.1) is 0 Å². The maximum Gasteiger partial charge on any atom is 0.270 e. The summed E-state index contributed by atoms with van der Waals surface area (Å²) in [5.41, 5.74) is 1.11. The van der Waals surface area contributed by atoms with Crippen LogP contribution in [0.2, 0.25) is 0 Å². The number of methoxy groups -OCH3 is 1. The fourth-order valence-electron chi connectivity index (χ4n) is 3.62. The third kappa shape index (κ3) is 6.52. The van der Waals surface area contributed by atoms with Crippen LogP contribution in [-0.2, 0) is 9.47 Å². The van der Waals surface area contributed by atoms with Crippen LogP contribution in [0, 0.1) is 17.8 Å². The van der Waals surface area contributed by atoms with Crippen LogP contribution >= 0.6 is 0 Å². The number of carbonyl (C=O) groups is 1. The van der Waals surface area contributed by atoms with Crippen LogP contribution in [0.25, 0.3) is 0 Å². The second-order valence-electron chi connectivity index (χ2n) is 8.97. The molecular formula is C23H36FN3O5. The van der Waals surface area contributed by atoms with E-state index in [9.17, 15) is 14.3 Å². The van der Waals surface area contributed by atoms with Gasteiger partial charge in [0.1, 0.15) is 11.4 Å². The highest BCUT2D eigenvalue weighted by molar-refractivity contribution is 5.93. The standard InChI is InChI=1S/C23H36FN3O5/c1-15(2)20(14-31-8-4-7-24)25-22(29)19-5-6-21(27-10-18(11-27)30-3)23(26-19)32-13-17-9-16(17)12-28/h5-6,15-18,20,28H,4,7-14H2,1-3H3,(H,25,29)/t16-,17+,20-/m1/s1. The highest BCUT2D eigenvalue weighted by Gasteiger charge is 2.37. The Labute approximate surface area is 189 Å². The zero-order valence-electron chi connectivity index (χ0n) is 19.3. The van der Waals surface area contributed by atoms with Crippen molar-refractivity contribution in [1.82, 2.24) is 10.3 Å². The summed E-state index contributed by atoms with van der Waals surface area (Å²) in [4.78, 5) is 19.5. The average Bonchev–Trinajstić information content (AvgIpc) is 3.52. The monoisotopic (exact) mass is 453 g/mol. The summed E-state index contributed by atoms with van der Waals surface area (Å²) in [6.45, 7) is 6.35. The number of alkyl halides is 1. The summed E-state index contributed by atoms with van der Waals surface area (Å²) in [6.07, 6.45) is 1.47. The number of rotatable bonds is 14. The molecule has 0 unspecified atom stereocenters. The summed E-state index contributed by atoms with van der Waals surface area (Å²) in [6, 6.07) is 3.36. The lowest BCUT2D eigenvalue weighted by Gasteiger charge is -2.40. The van der Waals surface area contributed by atoms with Crippen LogP contribution in [0.1, 0.15) is 37.2 Å². The van der Waals surface area contributed by atoms with Crippen molar-refractivity contribution in [3.63, 3.8) is 0 Å². The number of ether oxygens (including phenoxy) is 3. The van der Waals surface area contributed by atoms with Gasteiger partial charge < -0.3 is 29.5 Å². The topological polar surface area (TPSA) is 93.2 Å². The zero-order valence-corrected chi connectivity index (χ0v) is 19.3. The molecule has 3 rings (SSSR count). The lowest BCUT2D eigenvalue weighted by atomic mass is 10.1. The smallest absolute Gasteiger partial charge is 0.270 e. The van der Waals surface area contributed by atoms with E-state index in [4.69, 9.17) is 14.2 Å². The van der Waals surface area contributed by atoms with Crippen LogP contribution < -0.4 is 15.0 Å². The van der Waals surface area contributed by atoms with Gasteiger partial charge in [0.05, 0.1) is 32.0 Å². The SMILES string of the molecule is COC1CN(c2ccc(C(=O)N[C@H](COCCCF)C(C)C)nc2OC[C@@H]2C[C@@H]2CO)C1. The van der Waals surface area contributed by atoms with Crippen LogP contribution in [0.4, 0.5) is 10.1 Å². The van der Waals surface area contributed by atoms with Crippen molar-refractivity contribution in [3.05, 3.63) is 17.8 Å². The number of aromatic nitrogens is 1. The fourth-order valence-corrected chi connectivity index (χ4v) is 3.62. The van der Waals surface area contributed by atoms with Crippen molar-refractivity contribution in [2.24, 2.45) is 17.8 Å². The molecule has 1 aliphatic heterocycles. The number of nitrogens with one attached hydrogen (secondary N) is 1. The molecule has 3 atom stereocenters. The Bertz CT molecular complexity index is 744. The van der Waals surface area contributed by atoms with Gasteiger partial charge in [-0.1, -0.05) is 13.8 Å². The first-order chi connectivity index (χ1) is 15.5. The molecule has 2 heterocycles. The molecule has 1 saturated carbocycles. The van der Waals surface area contributed by atoms with Gasteiger partial charge in [-0.05, 0) is 42.7 Å². The van der Waals surface area contributed by atoms with Gasteiger partial charge in [-0.25, -0.2) is 4.98 Å². The Hall–Kier alpha value is -1.97. The molecule has 180 valence electrons. The van der Waals surface area contributed by atoms with Crippen molar-refractivity contribution in [2.75, 3.05) is 58.2 Å². The molecule has 1 aromatic rings. The average molecular weight is 454 g/mol. The normalized spacial score (nSPS) is 21.4. The molecule has 1 aliphatic carbocycles. The van der Waals surface area contributed by atoms with Crippen LogP contribution in [0.5, 0.6) is 5.88 Å². The summed E-state index contributed by atoms with van der Waals surface area (Å²) < 4.78 is 29.1. The Morgan fingerprint density at radius 2 is 2.12 bits per heavy atom. The van der Waals surface area contributed by atoms with Crippen molar-refractivity contribution < 1.29 is 28.5 Å². The molecule has 0 aromatic carbocycles. The number of anilines is 1. The van der Waals surface area contributed by atoms with Crippen LogP contribution in [0.15, 0.2) is 12.1 Å². The summed E-state index contributed by atoms with van der Waals surface area (Å²) in [5, 5.41) is 12.3. The number of amides is 1. The number of nitrogens with zero attached hydrogens (tertiary/aromatic N) is 2. The van der Waals surface area contributed by atoms with E-state index in [2.05, 4.69) is 15.2 Å². The lowest BCUT2D eigenvalue weighted by molar-refractivity contribution is 0.0750. The van der Waals surface area contributed by atoms with E-state index in [1.807, 2.05) is 19.9 Å². The lowest BCUT2D eigenvalue weighted by Crippen LogP contribution is -2.52. The quantitative estimate of drug-likeness (QED) is 0.417.